The Morgan fingerprint density at radius 3 is 1.72 bits per heavy atom. The number of unbranched alkanes of at least 4 members (excludes halogenated alkanes) is 12. The largest absolute Gasteiger partial charge is 0.356 e. The smallest absolute Gasteiger partial charge is 0.242 e. The van der Waals surface area contributed by atoms with Crippen molar-refractivity contribution >= 4 is 17.7 Å². The Bertz CT molecular complexity index is 578. The lowest BCUT2D eigenvalue weighted by molar-refractivity contribution is -0.129. The maximum Gasteiger partial charge on any atom is 0.242 e. The molecule has 0 heterocycles. The lowest BCUT2D eigenvalue weighted by Gasteiger charge is -2.18. The van der Waals surface area contributed by atoms with Gasteiger partial charge in [0, 0.05) is 25.9 Å². The van der Waals surface area contributed by atoms with Gasteiger partial charge >= 0.3 is 0 Å². The third-order valence-corrected chi connectivity index (χ3v) is 6.41. The molecule has 0 aromatic carbocycles. The molecule has 210 valence electrons. The van der Waals surface area contributed by atoms with Gasteiger partial charge in [0.25, 0.3) is 0 Å². The molecule has 36 heavy (non-hydrogen) atoms. The van der Waals surface area contributed by atoms with Crippen LogP contribution in [0.15, 0.2) is 12.2 Å². The molecule has 0 fully saturated rings. The molecule has 0 aliphatic carbocycles. The topological polar surface area (TPSA) is 87.3 Å². The minimum atomic E-state index is -0.650. The van der Waals surface area contributed by atoms with Gasteiger partial charge in [-0.25, -0.2) is 0 Å². The number of hydrogen-bond acceptors (Lipinski definition) is 3. The van der Waals surface area contributed by atoms with Crippen LogP contribution in [0, 0.1) is 0 Å². The van der Waals surface area contributed by atoms with E-state index in [1.54, 1.807) is 0 Å². The van der Waals surface area contributed by atoms with Crippen LogP contribution in [0.25, 0.3) is 0 Å². The number of amides is 3. The second-order valence-corrected chi connectivity index (χ2v) is 9.99. The highest BCUT2D eigenvalue weighted by Crippen LogP contribution is 2.09. The van der Waals surface area contributed by atoms with Gasteiger partial charge in [-0.1, -0.05) is 90.7 Å². The van der Waals surface area contributed by atoms with E-state index < -0.39 is 6.04 Å². The van der Waals surface area contributed by atoms with Crippen molar-refractivity contribution in [1.29, 1.82) is 0 Å². The van der Waals surface area contributed by atoms with E-state index in [-0.39, 0.29) is 24.1 Å². The number of nitrogens with one attached hydrogen (secondary N) is 3. The van der Waals surface area contributed by atoms with Crippen LogP contribution in [-0.2, 0) is 14.4 Å². The Hall–Kier alpha value is -1.85. The van der Waals surface area contributed by atoms with Crippen molar-refractivity contribution in [3.8, 4) is 0 Å². The van der Waals surface area contributed by atoms with Gasteiger partial charge < -0.3 is 16.0 Å². The van der Waals surface area contributed by atoms with Crippen molar-refractivity contribution < 1.29 is 14.4 Å². The monoisotopic (exact) mass is 507 g/mol. The summed E-state index contributed by atoms with van der Waals surface area (Å²) in [6.07, 6.45) is 24.0. The summed E-state index contributed by atoms with van der Waals surface area (Å²) >= 11 is 0. The first-order chi connectivity index (χ1) is 17.5. The van der Waals surface area contributed by atoms with Gasteiger partial charge in [-0.05, 0) is 51.4 Å². The van der Waals surface area contributed by atoms with Crippen LogP contribution in [0.5, 0.6) is 0 Å². The minimum absolute atomic E-state index is 0.0647. The second-order valence-electron chi connectivity index (χ2n) is 9.99. The molecule has 0 unspecified atom stereocenters. The molecule has 0 rings (SSSR count). The Morgan fingerprint density at radius 1 is 0.583 bits per heavy atom. The van der Waals surface area contributed by atoms with Crippen LogP contribution in [0.3, 0.4) is 0 Å². The fourth-order valence-corrected chi connectivity index (χ4v) is 3.99. The van der Waals surface area contributed by atoms with Gasteiger partial charge in [-0.15, -0.1) is 0 Å². The quantitative estimate of drug-likeness (QED) is 0.0945. The number of carbonyl (C=O) groups excluding carboxylic acids is 3. The van der Waals surface area contributed by atoms with Gasteiger partial charge in [0.05, 0.1) is 0 Å². The summed E-state index contributed by atoms with van der Waals surface area (Å²) in [5, 5.41) is 8.64. The van der Waals surface area contributed by atoms with E-state index in [2.05, 4.69) is 48.9 Å². The molecule has 0 spiro atoms. The maximum absolute atomic E-state index is 12.6. The molecule has 0 saturated carbocycles. The minimum Gasteiger partial charge on any atom is -0.356 e. The van der Waals surface area contributed by atoms with Gasteiger partial charge in [0.1, 0.15) is 6.04 Å². The molecular formula is C30H57N3O3. The zero-order valence-corrected chi connectivity index (χ0v) is 23.8. The molecule has 0 aromatic rings. The Labute approximate surface area is 222 Å². The van der Waals surface area contributed by atoms with Crippen molar-refractivity contribution in [3.63, 3.8) is 0 Å². The van der Waals surface area contributed by atoms with E-state index in [1.165, 1.54) is 44.9 Å². The molecule has 0 aliphatic rings. The molecular weight excluding hydrogens is 450 g/mol. The van der Waals surface area contributed by atoms with Gasteiger partial charge in [0.2, 0.25) is 17.7 Å². The standard InChI is InChI=1S/C30H57N3O3/c1-4-7-10-11-12-13-14-15-16-17-18-19-20-21-22-29(35)33-27(30(36)32-26-9-6-3)23-24-28(34)31-25-8-5-2/h15-16,27H,4-14,17-26H2,1-3H3,(H,31,34)(H,32,36)(H,33,35)/b16-15+/t27-/m0/s1. The van der Waals surface area contributed by atoms with Crippen LogP contribution in [0.2, 0.25) is 0 Å². The fourth-order valence-electron chi connectivity index (χ4n) is 3.99. The molecule has 0 radical (unpaired) electrons. The second kappa shape index (κ2) is 26.2. The summed E-state index contributed by atoms with van der Waals surface area (Å²) < 4.78 is 0. The summed E-state index contributed by atoms with van der Waals surface area (Å²) in [6.45, 7) is 7.65. The third kappa shape index (κ3) is 22.6. The average molecular weight is 508 g/mol. The predicted molar refractivity (Wildman–Crippen MR) is 152 cm³/mol. The van der Waals surface area contributed by atoms with Crippen LogP contribution < -0.4 is 16.0 Å². The molecule has 1 atom stereocenters. The van der Waals surface area contributed by atoms with Crippen molar-refractivity contribution in [2.75, 3.05) is 13.1 Å². The van der Waals surface area contributed by atoms with E-state index >= 15 is 0 Å². The summed E-state index contributed by atoms with van der Waals surface area (Å²) in [6, 6.07) is -0.650. The molecule has 3 N–H and O–H groups in total. The molecule has 3 amide bonds. The Balaban J connectivity index is 4.08. The molecule has 0 bridgehead atoms. The molecule has 0 aliphatic heterocycles. The first-order valence-electron chi connectivity index (χ1n) is 15.0. The normalized spacial score (nSPS) is 12.0. The van der Waals surface area contributed by atoms with Crippen molar-refractivity contribution in [1.82, 2.24) is 16.0 Å². The average Bonchev–Trinajstić information content (AvgIpc) is 2.87. The highest BCUT2D eigenvalue weighted by atomic mass is 16.2. The summed E-state index contributed by atoms with van der Waals surface area (Å²) in [5.41, 5.74) is 0. The van der Waals surface area contributed by atoms with E-state index in [0.29, 0.717) is 25.9 Å². The SMILES string of the molecule is CCCCCCCC/C=C/CCCCCCC(=O)N[C@@H](CCC(=O)NCCCC)C(=O)NCCCC. The zero-order chi connectivity index (χ0) is 26.7. The van der Waals surface area contributed by atoms with E-state index in [4.69, 9.17) is 0 Å². The molecule has 0 aromatic heterocycles. The van der Waals surface area contributed by atoms with Crippen LogP contribution in [0.4, 0.5) is 0 Å². The number of hydrogen-bond donors (Lipinski definition) is 3. The zero-order valence-electron chi connectivity index (χ0n) is 23.8. The van der Waals surface area contributed by atoms with E-state index in [1.807, 2.05) is 0 Å². The highest BCUT2D eigenvalue weighted by Gasteiger charge is 2.21. The van der Waals surface area contributed by atoms with E-state index in [9.17, 15) is 14.4 Å². The first kappa shape index (κ1) is 34.1. The number of carbonyl (C=O) groups is 3. The third-order valence-electron chi connectivity index (χ3n) is 6.41. The lowest BCUT2D eigenvalue weighted by Crippen LogP contribution is -2.47. The summed E-state index contributed by atoms with van der Waals surface area (Å²) in [5.74, 6) is -0.355. The van der Waals surface area contributed by atoms with Gasteiger partial charge in [-0.2, -0.15) is 0 Å². The number of rotatable bonds is 25. The van der Waals surface area contributed by atoms with Gasteiger partial charge in [0.15, 0.2) is 0 Å². The number of allylic oxidation sites excluding steroid dienone is 2. The van der Waals surface area contributed by atoms with Gasteiger partial charge in [-0.3, -0.25) is 14.4 Å². The maximum atomic E-state index is 12.6. The predicted octanol–water partition coefficient (Wildman–Crippen LogP) is 6.73. The Morgan fingerprint density at radius 2 is 1.11 bits per heavy atom. The molecule has 6 heteroatoms. The van der Waals surface area contributed by atoms with Crippen molar-refractivity contribution in [2.45, 2.75) is 149 Å². The highest BCUT2D eigenvalue weighted by molar-refractivity contribution is 5.88. The van der Waals surface area contributed by atoms with Crippen LogP contribution in [-0.4, -0.2) is 36.9 Å². The van der Waals surface area contributed by atoms with Crippen molar-refractivity contribution in [2.24, 2.45) is 0 Å². The summed E-state index contributed by atoms with van der Waals surface area (Å²) in [7, 11) is 0. The van der Waals surface area contributed by atoms with Crippen LogP contribution in [0.1, 0.15) is 143 Å². The first-order valence-corrected chi connectivity index (χ1v) is 15.0. The lowest BCUT2D eigenvalue weighted by atomic mass is 10.1. The molecule has 0 saturated heterocycles. The van der Waals surface area contributed by atoms with Crippen LogP contribution >= 0.6 is 0 Å². The van der Waals surface area contributed by atoms with Crippen molar-refractivity contribution in [3.05, 3.63) is 12.2 Å². The summed E-state index contributed by atoms with van der Waals surface area (Å²) in [4.78, 5) is 37.1. The fraction of sp³-hybridized carbons (Fsp3) is 0.833. The molecule has 6 nitrogen and oxygen atoms in total. The Kier molecular flexibility index (Phi) is 24.9. The van der Waals surface area contributed by atoms with E-state index in [0.717, 1.165) is 57.8 Å².